The topological polar surface area (TPSA) is 26.0 Å². The normalized spacial score (nSPS) is 10.2. The van der Waals surface area contributed by atoms with Gasteiger partial charge in [0.05, 0.1) is 0 Å². The molecule has 0 fully saturated rings. The first-order chi connectivity index (χ1) is 5.15. The Bertz CT molecular complexity index is 273. The van der Waals surface area contributed by atoms with Crippen molar-refractivity contribution in [2.45, 2.75) is 13.5 Å². The van der Waals surface area contributed by atoms with E-state index in [0.29, 0.717) is 6.54 Å². The molecule has 60 valence electrons. The number of hydrogen-bond donors (Lipinski definition) is 1. The molecule has 0 aliphatic rings. The maximum absolute atomic E-state index is 5.56. The Morgan fingerprint density at radius 3 is 2.73 bits per heavy atom. The molecule has 0 spiro atoms. The van der Waals surface area contributed by atoms with E-state index in [1.54, 1.807) is 0 Å². The minimum atomic E-state index is 0.612. The Balaban J connectivity index is 3.24. The first-order valence-electron chi connectivity index (χ1n) is 3.29. The molecular formula is C8H9BrIN. The third-order valence-corrected chi connectivity index (χ3v) is 3.21. The van der Waals surface area contributed by atoms with E-state index < -0.39 is 0 Å². The van der Waals surface area contributed by atoms with Gasteiger partial charge in [-0.25, -0.2) is 0 Å². The summed E-state index contributed by atoms with van der Waals surface area (Å²) in [6.45, 7) is 2.71. The summed E-state index contributed by atoms with van der Waals surface area (Å²) in [6, 6.07) is 4.16. The maximum atomic E-state index is 5.56. The molecule has 0 aromatic heterocycles. The molecule has 0 saturated heterocycles. The second-order valence-corrected chi connectivity index (χ2v) is 4.45. The van der Waals surface area contributed by atoms with Crippen LogP contribution >= 0.6 is 38.5 Å². The third kappa shape index (κ3) is 2.16. The molecule has 0 radical (unpaired) electrons. The smallest absolute Gasteiger partial charge is 0.0189 e. The molecule has 3 heteroatoms. The van der Waals surface area contributed by atoms with Crippen molar-refractivity contribution >= 4 is 38.5 Å². The SMILES string of the molecule is Cc1c(I)cc(Br)cc1CN. The van der Waals surface area contributed by atoms with Gasteiger partial charge in [-0.1, -0.05) is 15.9 Å². The van der Waals surface area contributed by atoms with Gasteiger partial charge in [-0.2, -0.15) is 0 Å². The first-order valence-corrected chi connectivity index (χ1v) is 5.17. The summed E-state index contributed by atoms with van der Waals surface area (Å²) in [5.41, 5.74) is 8.06. The molecule has 0 saturated carbocycles. The average Bonchev–Trinajstić information content (AvgIpc) is 1.96. The van der Waals surface area contributed by atoms with E-state index in [2.05, 4.69) is 57.6 Å². The van der Waals surface area contributed by atoms with Crippen LogP contribution in [0.25, 0.3) is 0 Å². The van der Waals surface area contributed by atoms with Crippen molar-refractivity contribution in [2.24, 2.45) is 5.73 Å². The van der Waals surface area contributed by atoms with Gasteiger partial charge >= 0.3 is 0 Å². The van der Waals surface area contributed by atoms with E-state index in [-0.39, 0.29) is 0 Å². The fourth-order valence-electron chi connectivity index (χ4n) is 0.911. The quantitative estimate of drug-likeness (QED) is 0.789. The molecule has 1 rings (SSSR count). The second-order valence-electron chi connectivity index (χ2n) is 2.38. The molecule has 0 unspecified atom stereocenters. The van der Waals surface area contributed by atoms with E-state index in [9.17, 15) is 0 Å². The van der Waals surface area contributed by atoms with Gasteiger partial charge in [-0.15, -0.1) is 0 Å². The summed E-state index contributed by atoms with van der Waals surface area (Å²) in [5, 5.41) is 0. The van der Waals surface area contributed by atoms with Crippen molar-refractivity contribution in [2.75, 3.05) is 0 Å². The number of rotatable bonds is 1. The largest absolute Gasteiger partial charge is 0.326 e. The van der Waals surface area contributed by atoms with E-state index in [4.69, 9.17) is 5.73 Å². The monoisotopic (exact) mass is 325 g/mol. The van der Waals surface area contributed by atoms with Crippen molar-refractivity contribution in [3.8, 4) is 0 Å². The van der Waals surface area contributed by atoms with Crippen molar-refractivity contribution in [1.82, 2.24) is 0 Å². The Labute approximate surface area is 88.6 Å². The lowest BCUT2D eigenvalue weighted by molar-refractivity contribution is 1.04. The van der Waals surface area contributed by atoms with Gasteiger partial charge in [0, 0.05) is 14.6 Å². The van der Waals surface area contributed by atoms with Gasteiger partial charge < -0.3 is 5.73 Å². The summed E-state index contributed by atoms with van der Waals surface area (Å²) in [6.07, 6.45) is 0. The highest BCUT2D eigenvalue weighted by Crippen LogP contribution is 2.21. The van der Waals surface area contributed by atoms with E-state index in [1.165, 1.54) is 14.7 Å². The summed E-state index contributed by atoms with van der Waals surface area (Å²) >= 11 is 5.74. The van der Waals surface area contributed by atoms with Gasteiger partial charge in [0.2, 0.25) is 0 Å². The zero-order valence-electron chi connectivity index (χ0n) is 6.20. The van der Waals surface area contributed by atoms with Crippen molar-refractivity contribution < 1.29 is 0 Å². The molecule has 0 heterocycles. The van der Waals surface area contributed by atoms with Crippen LogP contribution < -0.4 is 5.73 Å². The highest BCUT2D eigenvalue weighted by atomic mass is 127. The molecule has 0 bridgehead atoms. The standard InChI is InChI=1S/C8H9BrIN/c1-5-6(4-11)2-7(9)3-8(5)10/h2-3H,4,11H2,1H3. The Morgan fingerprint density at radius 2 is 2.18 bits per heavy atom. The molecule has 0 aliphatic heterocycles. The summed E-state index contributed by atoms with van der Waals surface area (Å²) in [5.74, 6) is 0. The van der Waals surface area contributed by atoms with Gasteiger partial charge in [0.25, 0.3) is 0 Å². The van der Waals surface area contributed by atoms with Crippen LogP contribution in [0.2, 0.25) is 0 Å². The Hall–Kier alpha value is 0.390. The minimum Gasteiger partial charge on any atom is -0.326 e. The van der Waals surface area contributed by atoms with Gasteiger partial charge in [0.1, 0.15) is 0 Å². The van der Waals surface area contributed by atoms with Crippen LogP contribution in [-0.4, -0.2) is 0 Å². The fraction of sp³-hybridized carbons (Fsp3) is 0.250. The molecule has 0 amide bonds. The lowest BCUT2D eigenvalue weighted by atomic mass is 10.1. The Morgan fingerprint density at radius 1 is 1.55 bits per heavy atom. The van der Waals surface area contributed by atoms with E-state index in [1.807, 2.05) is 0 Å². The molecule has 2 N–H and O–H groups in total. The van der Waals surface area contributed by atoms with Crippen LogP contribution in [0.3, 0.4) is 0 Å². The summed E-state index contributed by atoms with van der Waals surface area (Å²) in [4.78, 5) is 0. The zero-order valence-corrected chi connectivity index (χ0v) is 9.94. The van der Waals surface area contributed by atoms with E-state index >= 15 is 0 Å². The van der Waals surface area contributed by atoms with Crippen molar-refractivity contribution in [3.05, 3.63) is 31.3 Å². The lowest BCUT2D eigenvalue weighted by Gasteiger charge is -2.05. The van der Waals surface area contributed by atoms with Crippen molar-refractivity contribution in [3.63, 3.8) is 0 Å². The molecule has 0 atom stereocenters. The van der Waals surface area contributed by atoms with Crippen LogP contribution in [0, 0.1) is 10.5 Å². The van der Waals surface area contributed by atoms with E-state index in [0.717, 1.165) is 4.47 Å². The molecule has 1 aromatic rings. The number of nitrogens with two attached hydrogens (primary N) is 1. The lowest BCUT2D eigenvalue weighted by Crippen LogP contribution is -2.00. The predicted molar refractivity (Wildman–Crippen MR) is 59.5 cm³/mol. The van der Waals surface area contributed by atoms with Gasteiger partial charge in [0.15, 0.2) is 0 Å². The first kappa shape index (κ1) is 9.48. The van der Waals surface area contributed by atoms with Crippen LogP contribution in [0.15, 0.2) is 16.6 Å². The van der Waals surface area contributed by atoms with Crippen LogP contribution in [-0.2, 0) is 6.54 Å². The fourth-order valence-corrected chi connectivity index (χ4v) is 2.53. The second kappa shape index (κ2) is 3.87. The highest BCUT2D eigenvalue weighted by Gasteiger charge is 2.01. The van der Waals surface area contributed by atoms with Crippen molar-refractivity contribution in [1.29, 1.82) is 0 Å². The number of halogens is 2. The summed E-state index contributed by atoms with van der Waals surface area (Å²) in [7, 11) is 0. The maximum Gasteiger partial charge on any atom is 0.0189 e. The minimum absolute atomic E-state index is 0.612. The zero-order chi connectivity index (χ0) is 8.43. The van der Waals surface area contributed by atoms with Crippen LogP contribution in [0.5, 0.6) is 0 Å². The number of benzene rings is 1. The van der Waals surface area contributed by atoms with Gasteiger partial charge in [-0.05, 0) is 52.8 Å². The third-order valence-electron chi connectivity index (χ3n) is 1.64. The molecular weight excluding hydrogens is 317 g/mol. The Kier molecular flexibility index (Phi) is 3.33. The highest BCUT2D eigenvalue weighted by molar-refractivity contribution is 14.1. The molecule has 11 heavy (non-hydrogen) atoms. The molecule has 1 aromatic carbocycles. The predicted octanol–water partition coefficient (Wildman–Crippen LogP) is 2.82. The van der Waals surface area contributed by atoms with Crippen LogP contribution in [0.1, 0.15) is 11.1 Å². The average molecular weight is 326 g/mol. The molecule has 1 nitrogen and oxygen atoms in total. The molecule has 0 aliphatic carbocycles. The van der Waals surface area contributed by atoms with Crippen LogP contribution in [0.4, 0.5) is 0 Å². The number of hydrogen-bond acceptors (Lipinski definition) is 1. The van der Waals surface area contributed by atoms with Gasteiger partial charge in [-0.3, -0.25) is 0 Å². The summed E-state index contributed by atoms with van der Waals surface area (Å²) < 4.78 is 2.37.